The molecule has 19 heavy (non-hydrogen) atoms. The fraction of sp³-hybridized carbons (Fsp3) is 0.0909. The van der Waals surface area contributed by atoms with Crippen molar-refractivity contribution >= 4 is 34.8 Å². The lowest BCUT2D eigenvalue weighted by Crippen LogP contribution is -2.13. The van der Waals surface area contributed by atoms with Crippen molar-refractivity contribution in [2.45, 2.75) is 0 Å². The van der Waals surface area contributed by atoms with Gasteiger partial charge >= 0.3 is 0 Å². The summed E-state index contributed by atoms with van der Waals surface area (Å²) in [5.41, 5.74) is 0.624. The molecule has 0 saturated heterocycles. The van der Waals surface area contributed by atoms with Gasteiger partial charge in [-0.2, -0.15) is 0 Å². The number of halogens is 2. The van der Waals surface area contributed by atoms with E-state index >= 15 is 0 Å². The van der Waals surface area contributed by atoms with E-state index in [1.54, 1.807) is 12.1 Å². The van der Waals surface area contributed by atoms with Gasteiger partial charge in [-0.15, -0.1) is 0 Å². The number of nitrogens with one attached hydrogen (secondary N) is 1. The maximum Gasteiger partial charge on any atom is 0.257 e. The van der Waals surface area contributed by atoms with Gasteiger partial charge in [-0.1, -0.05) is 11.6 Å². The molecule has 0 aliphatic heterocycles. The Hall–Kier alpha value is -1.92. The molecule has 0 aromatic carbocycles. The molecule has 0 spiro atoms. The number of carbonyl (C=O) groups is 1. The van der Waals surface area contributed by atoms with E-state index in [9.17, 15) is 4.79 Å². The summed E-state index contributed by atoms with van der Waals surface area (Å²) in [5.74, 6) is 0.0346. The summed E-state index contributed by atoms with van der Waals surface area (Å²) >= 11 is 11.4. The fourth-order valence-electron chi connectivity index (χ4n) is 1.25. The number of pyridine rings is 1. The number of rotatable bonds is 3. The second-order valence-electron chi connectivity index (χ2n) is 3.39. The summed E-state index contributed by atoms with van der Waals surface area (Å²) in [6.45, 7) is 0. The Balaban J connectivity index is 2.15. The largest absolute Gasteiger partial charge is 0.481 e. The van der Waals surface area contributed by atoms with Crippen molar-refractivity contribution in [3.8, 4) is 5.88 Å². The van der Waals surface area contributed by atoms with Crippen LogP contribution in [-0.2, 0) is 0 Å². The lowest BCUT2D eigenvalue weighted by Gasteiger charge is -2.06. The molecule has 0 unspecified atom stereocenters. The average Bonchev–Trinajstić information content (AvgIpc) is 2.42. The summed E-state index contributed by atoms with van der Waals surface area (Å²) in [7, 11) is 1.49. The molecule has 2 rings (SSSR count). The number of anilines is 1. The molecule has 0 aliphatic rings. The van der Waals surface area contributed by atoms with Crippen molar-refractivity contribution in [3.63, 3.8) is 0 Å². The maximum absolute atomic E-state index is 11.9. The van der Waals surface area contributed by atoms with Crippen LogP contribution in [-0.4, -0.2) is 28.0 Å². The molecule has 2 aromatic heterocycles. The Morgan fingerprint density at radius 3 is 2.63 bits per heavy atom. The molecule has 0 saturated carbocycles. The average molecular weight is 299 g/mol. The molecule has 0 radical (unpaired) electrons. The summed E-state index contributed by atoms with van der Waals surface area (Å²) in [6, 6.07) is 3.15. The Labute approximate surface area is 118 Å². The number of carbonyl (C=O) groups excluding carboxylic acids is 1. The van der Waals surface area contributed by atoms with Crippen LogP contribution in [0.25, 0.3) is 0 Å². The number of aromatic nitrogens is 3. The molecule has 0 fully saturated rings. The fourth-order valence-corrected chi connectivity index (χ4v) is 1.61. The van der Waals surface area contributed by atoms with Gasteiger partial charge in [0.25, 0.3) is 5.91 Å². The Kier molecular flexibility index (Phi) is 4.13. The molecule has 1 amide bonds. The molecular formula is C11H8Cl2N4O2. The minimum atomic E-state index is -0.386. The molecule has 2 aromatic rings. The van der Waals surface area contributed by atoms with E-state index in [2.05, 4.69) is 20.3 Å². The van der Waals surface area contributed by atoms with Crippen LogP contribution in [0.2, 0.25) is 10.4 Å². The SMILES string of the molecule is COc1ccc(C(=O)Nc2cnc(Cl)nc2Cl)cn1. The quantitative estimate of drug-likeness (QED) is 0.695. The second-order valence-corrected chi connectivity index (χ2v) is 4.08. The minimum Gasteiger partial charge on any atom is -0.481 e. The number of hydrogen-bond donors (Lipinski definition) is 1. The van der Waals surface area contributed by atoms with E-state index in [0.717, 1.165) is 0 Å². The Morgan fingerprint density at radius 1 is 1.26 bits per heavy atom. The number of hydrogen-bond acceptors (Lipinski definition) is 5. The highest BCUT2D eigenvalue weighted by atomic mass is 35.5. The molecule has 0 aliphatic carbocycles. The van der Waals surface area contributed by atoms with Gasteiger partial charge in [0.1, 0.15) is 0 Å². The first-order valence-corrected chi connectivity index (χ1v) is 5.85. The summed E-state index contributed by atoms with van der Waals surface area (Å²) in [4.78, 5) is 23.3. The van der Waals surface area contributed by atoms with Crippen LogP contribution in [0.15, 0.2) is 24.5 Å². The van der Waals surface area contributed by atoms with E-state index < -0.39 is 0 Å². The molecule has 1 N–H and O–H groups in total. The maximum atomic E-state index is 11.9. The van der Waals surface area contributed by atoms with E-state index in [-0.39, 0.29) is 22.0 Å². The highest BCUT2D eigenvalue weighted by molar-refractivity contribution is 6.34. The molecule has 8 heteroatoms. The topological polar surface area (TPSA) is 77.0 Å². The van der Waals surface area contributed by atoms with Gasteiger partial charge in [0.15, 0.2) is 5.15 Å². The van der Waals surface area contributed by atoms with Crippen molar-refractivity contribution in [1.82, 2.24) is 15.0 Å². The van der Waals surface area contributed by atoms with Crippen molar-refractivity contribution in [2.24, 2.45) is 0 Å². The van der Waals surface area contributed by atoms with Crippen LogP contribution in [0.5, 0.6) is 5.88 Å². The molecule has 0 bridgehead atoms. The predicted octanol–water partition coefficient (Wildman–Crippen LogP) is 2.44. The van der Waals surface area contributed by atoms with E-state index in [1.807, 2.05) is 0 Å². The van der Waals surface area contributed by atoms with E-state index in [4.69, 9.17) is 27.9 Å². The van der Waals surface area contributed by atoms with Crippen LogP contribution in [0, 0.1) is 0 Å². The Morgan fingerprint density at radius 2 is 2.05 bits per heavy atom. The second kappa shape index (κ2) is 5.81. The van der Waals surface area contributed by atoms with E-state index in [0.29, 0.717) is 11.4 Å². The molecule has 98 valence electrons. The van der Waals surface area contributed by atoms with Gasteiger partial charge in [-0.25, -0.2) is 15.0 Å². The van der Waals surface area contributed by atoms with Gasteiger partial charge in [-0.3, -0.25) is 4.79 Å². The molecule has 0 atom stereocenters. The van der Waals surface area contributed by atoms with Crippen molar-refractivity contribution in [3.05, 3.63) is 40.5 Å². The smallest absolute Gasteiger partial charge is 0.257 e. The molecule has 6 nitrogen and oxygen atoms in total. The summed E-state index contributed by atoms with van der Waals surface area (Å²) in [6.07, 6.45) is 2.71. The van der Waals surface area contributed by atoms with Crippen molar-refractivity contribution in [2.75, 3.05) is 12.4 Å². The van der Waals surface area contributed by atoms with Crippen LogP contribution >= 0.6 is 23.2 Å². The van der Waals surface area contributed by atoms with Gasteiger partial charge < -0.3 is 10.1 Å². The van der Waals surface area contributed by atoms with Crippen LogP contribution in [0.1, 0.15) is 10.4 Å². The first-order valence-electron chi connectivity index (χ1n) is 5.09. The first-order chi connectivity index (χ1) is 9.10. The zero-order valence-electron chi connectivity index (χ0n) is 9.72. The van der Waals surface area contributed by atoms with Crippen molar-refractivity contribution in [1.29, 1.82) is 0 Å². The summed E-state index contributed by atoms with van der Waals surface area (Å²) < 4.78 is 4.90. The summed E-state index contributed by atoms with van der Waals surface area (Å²) in [5, 5.41) is 2.63. The van der Waals surface area contributed by atoms with Gasteiger partial charge in [0, 0.05) is 12.3 Å². The number of ether oxygens (including phenoxy) is 1. The van der Waals surface area contributed by atoms with E-state index in [1.165, 1.54) is 19.5 Å². The van der Waals surface area contributed by atoms with Crippen LogP contribution in [0.3, 0.4) is 0 Å². The minimum absolute atomic E-state index is 0.00844. The normalized spacial score (nSPS) is 10.1. The van der Waals surface area contributed by atoms with Gasteiger partial charge in [0.05, 0.1) is 24.6 Å². The highest BCUT2D eigenvalue weighted by Gasteiger charge is 2.10. The number of amides is 1. The third-order valence-electron chi connectivity index (χ3n) is 2.17. The molecular weight excluding hydrogens is 291 g/mol. The van der Waals surface area contributed by atoms with Gasteiger partial charge in [-0.05, 0) is 17.7 Å². The van der Waals surface area contributed by atoms with Crippen LogP contribution < -0.4 is 10.1 Å². The Bertz CT molecular complexity index is 604. The molecule has 2 heterocycles. The van der Waals surface area contributed by atoms with Crippen molar-refractivity contribution < 1.29 is 9.53 Å². The highest BCUT2D eigenvalue weighted by Crippen LogP contribution is 2.20. The first kappa shape index (κ1) is 13.5. The monoisotopic (exact) mass is 298 g/mol. The lowest BCUT2D eigenvalue weighted by molar-refractivity contribution is 0.102. The zero-order chi connectivity index (χ0) is 13.8. The predicted molar refractivity (Wildman–Crippen MR) is 70.8 cm³/mol. The number of methoxy groups -OCH3 is 1. The lowest BCUT2D eigenvalue weighted by atomic mass is 10.2. The third kappa shape index (κ3) is 3.30. The number of nitrogens with zero attached hydrogens (tertiary/aromatic N) is 3. The standard InChI is InChI=1S/C11H8Cl2N4O2/c1-19-8-3-2-6(4-14-8)10(18)16-7-5-15-11(13)17-9(7)12/h2-5H,1H3,(H,16,18). The zero-order valence-corrected chi connectivity index (χ0v) is 11.2. The van der Waals surface area contributed by atoms with Crippen LogP contribution in [0.4, 0.5) is 5.69 Å². The van der Waals surface area contributed by atoms with Gasteiger partial charge in [0.2, 0.25) is 11.2 Å². The third-order valence-corrected chi connectivity index (χ3v) is 2.64.